The zero-order chi connectivity index (χ0) is 10.8. The fourth-order valence-electron chi connectivity index (χ4n) is 2.21. The Kier molecular flexibility index (Phi) is 3.15. The van der Waals surface area contributed by atoms with Gasteiger partial charge >= 0.3 is 0 Å². The molecule has 0 aliphatic heterocycles. The molecule has 0 radical (unpaired) electrons. The van der Waals surface area contributed by atoms with E-state index < -0.39 is 0 Å². The summed E-state index contributed by atoms with van der Waals surface area (Å²) in [7, 11) is 2.06. The van der Waals surface area contributed by atoms with Gasteiger partial charge in [0.25, 0.3) is 0 Å². The molecule has 0 aromatic heterocycles. The third kappa shape index (κ3) is 2.25. The molecule has 0 saturated heterocycles. The molecule has 0 amide bonds. The van der Waals surface area contributed by atoms with E-state index in [-0.39, 0.29) is 10.8 Å². The van der Waals surface area contributed by atoms with Crippen molar-refractivity contribution in [1.82, 2.24) is 0 Å². The van der Waals surface area contributed by atoms with E-state index in [0.717, 1.165) is 5.69 Å². The number of hydrogen-bond donors (Lipinski definition) is 0. The summed E-state index contributed by atoms with van der Waals surface area (Å²) in [5, 5.41) is 0.206. The number of nitrogens with zero attached hydrogens (tertiary/aromatic N) is 1. The van der Waals surface area contributed by atoms with Crippen LogP contribution in [-0.4, -0.2) is 13.1 Å². The van der Waals surface area contributed by atoms with Gasteiger partial charge in [-0.1, -0.05) is 24.4 Å². The maximum atomic E-state index is 13.0. The van der Waals surface area contributed by atoms with E-state index in [0.29, 0.717) is 6.04 Å². The van der Waals surface area contributed by atoms with Crippen LogP contribution in [0.2, 0.25) is 5.02 Å². The molecule has 82 valence electrons. The smallest absolute Gasteiger partial charge is 0.141 e. The third-order valence-corrected chi connectivity index (χ3v) is 3.47. The average molecular weight is 228 g/mol. The van der Waals surface area contributed by atoms with E-state index in [1.165, 1.54) is 31.7 Å². The molecule has 0 spiro atoms. The zero-order valence-corrected chi connectivity index (χ0v) is 9.60. The maximum Gasteiger partial charge on any atom is 0.141 e. The second-order valence-corrected chi connectivity index (χ2v) is 4.55. The van der Waals surface area contributed by atoms with E-state index in [4.69, 9.17) is 11.6 Å². The highest BCUT2D eigenvalue weighted by Crippen LogP contribution is 2.29. The molecule has 0 atom stereocenters. The summed E-state index contributed by atoms with van der Waals surface area (Å²) in [6, 6.07) is 5.52. The first-order chi connectivity index (χ1) is 7.18. The quantitative estimate of drug-likeness (QED) is 0.742. The molecule has 1 aliphatic rings. The van der Waals surface area contributed by atoms with Gasteiger partial charge in [0.2, 0.25) is 0 Å². The van der Waals surface area contributed by atoms with Crippen LogP contribution < -0.4 is 4.90 Å². The van der Waals surface area contributed by atoms with Crippen molar-refractivity contribution in [3.05, 3.63) is 29.0 Å². The van der Waals surface area contributed by atoms with Crippen molar-refractivity contribution in [1.29, 1.82) is 0 Å². The first-order valence-corrected chi connectivity index (χ1v) is 5.74. The predicted molar refractivity (Wildman–Crippen MR) is 62.1 cm³/mol. The summed E-state index contributed by atoms with van der Waals surface area (Å²) >= 11 is 5.76. The molecule has 0 heterocycles. The first kappa shape index (κ1) is 10.7. The molecule has 2 rings (SSSR count). The topological polar surface area (TPSA) is 3.24 Å². The molecular weight excluding hydrogens is 213 g/mol. The molecule has 1 aromatic carbocycles. The molecule has 0 N–H and O–H groups in total. The van der Waals surface area contributed by atoms with Gasteiger partial charge in [-0.2, -0.15) is 0 Å². The number of halogens is 2. The SMILES string of the molecule is CN(c1ccc(F)c(Cl)c1)C1CCCC1. The summed E-state index contributed by atoms with van der Waals surface area (Å²) in [6.45, 7) is 0. The molecule has 1 saturated carbocycles. The standard InChI is InChI=1S/C12H15ClFN/c1-15(9-4-2-3-5-9)10-6-7-12(14)11(13)8-10/h6-9H,2-5H2,1H3. The Balaban J connectivity index is 2.17. The molecular formula is C12H15ClFN. The van der Waals surface area contributed by atoms with Gasteiger partial charge in [-0.3, -0.25) is 0 Å². The van der Waals surface area contributed by atoms with Gasteiger partial charge in [-0.25, -0.2) is 4.39 Å². The molecule has 0 unspecified atom stereocenters. The lowest BCUT2D eigenvalue weighted by atomic mass is 10.2. The third-order valence-electron chi connectivity index (χ3n) is 3.18. The summed E-state index contributed by atoms with van der Waals surface area (Å²) in [5.74, 6) is -0.347. The van der Waals surface area contributed by atoms with Gasteiger partial charge in [0.05, 0.1) is 5.02 Å². The van der Waals surface area contributed by atoms with Crippen LogP contribution >= 0.6 is 11.6 Å². The van der Waals surface area contributed by atoms with Crippen LogP contribution in [0, 0.1) is 5.82 Å². The van der Waals surface area contributed by atoms with Gasteiger partial charge in [0, 0.05) is 18.8 Å². The van der Waals surface area contributed by atoms with Gasteiger partial charge in [0.15, 0.2) is 0 Å². The monoisotopic (exact) mass is 227 g/mol. The Morgan fingerprint density at radius 3 is 2.60 bits per heavy atom. The molecule has 15 heavy (non-hydrogen) atoms. The lowest BCUT2D eigenvalue weighted by Crippen LogP contribution is -2.28. The number of benzene rings is 1. The minimum atomic E-state index is -0.347. The van der Waals surface area contributed by atoms with Crippen LogP contribution in [-0.2, 0) is 0 Å². The predicted octanol–water partition coefficient (Wildman–Crippen LogP) is 3.86. The lowest BCUT2D eigenvalue weighted by Gasteiger charge is -2.26. The summed E-state index contributed by atoms with van der Waals surface area (Å²) < 4.78 is 13.0. The Morgan fingerprint density at radius 1 is 1.33 bits per heavy atom. The van der Waals surface area contributed by atoms with Gasteiger partial charge in [-0.15, -0.1) is 0 Å². The van der Waals surface area contributed by atoms with Crippen LogP contribution in [0.4, 0.5) is 10.1 Å². The van der Waals surface area contributed by atoms with E-state index in [2.05, 4.69) is 11.9 Å². The fourth-order valence-corrected chi connectivity index (χ4v) is 2.38. The number of anilines is 1. The van der Waals surface area contributed by atoms with Crippen molar-refractivity contribution in [2.45, 2.75) is 31.7 Å². The molecule has 1 aromatic rings. The molecule has 0 bridgehead atoms. The first-order valence-electron chi connectivity index (χ1n) is 5.36. The van der Waals surface area contributed by atoms with Crippen molar-refractivity contribution in [2.24, 2.45) is 0 Å². The molecule has 1 fully saturated rings. The fraction of sp³-hybridized carbons (Fsp3) is 0.500. The summed E-state index contributed by atoms with van der Waals surface area (Å²) in [4.78, 5) is 2.21. The minimum Gasteiger partial charge on any atom is -0.372 e. The van der Waals surface area contributed by atoms with Crippen molar-refractivity contribution in [2.75, 3.05) is 11.9 Å². The van der Waals surface area contributed by atoms with Crippen molar-refractivity contribution < 1.29 is 4.39 Å². The van der Waals surface area contributed by atoms with Crippen molar-refractivity contribution in [3.63, 3.8) is 0 Å². The highest BCUT2D eigenvalue weighted by atomic mass is 35.5. The average Bonchev–Trinajstić information content (AvgIpc) is 2.74. The molecule has 3 heteroatoms. The number of hydrogen-bond acceptors (Lipinski definition) is 1. The normalized spacial score (nSPS) is 17.0. The van der Waals surface area contributed by atoms with E-state index in [1.807, 2.05) is 0 Å². The minimum absolute atomic E-state index is 0.206. The summed E-state index contributed by atoms with van der Waals surface area (Å²) in [6.07, 6.45) is 5.05. The van der Waals surface area contributed by atoms with Crippen LogP contribution in [0.3, 0.4) is 0 Å². The van der Waals surface area contributed by atoms with Gasteiger partial charge in [-0.05, 0) is 31.0 Å². The van der Waals surface area contributed by atoms with Crippen molar-refractivity contribution >= 4 is 17.3 Å². The van der Waals surface area contributed by atoms with Crippen LogP contribution in [0.15, 0.2) is 18.2 Å². The zero-order valence-electron chi connectivity index (χ0n) is 8.84. The largest absolute Gasteiger partial charge is 0.372 e. The van der Waals surface area contributed by atoms with Crippen LogP contribution in [0.5, 0.6) is 0 Å². The van der Waals surface area contributed by atoms with Gasteiger partial charge < -0.3 is 4.90 Å². The summed E-state index contributed by atoms with van der Waals surface area (Å²) in [5.41, 5.74) is 1.01. The van der Waals surface area contributed by atoms with E-state index in [1.54, 1.807) is 12.1 Å². The second-order valence-electron chi connectivity index (χ2n) is 4.15. The maximum absolute atomic E-state index is 13.0. The van der Waals surface area contributed by atoms with E-state index >= 15 is 0 Å². The lowest BCUT2D eigenvalue weighted by molar-refractivity contribution is 0.625. The van der Waals surface area contributed by atoms with Crippen LogP contribution in [0.25, 0.3) is 0 Å². The second kappa shape index (κ2) is 4.40. The van der Waals surface area contributed by atoms with Crippen molar-refractivity contribution in [3.8, 4) is 0 Å². The Labute approximate surface area is 94.8 Å². The Morgan fingerprint density at radius 2 is 2.00 bits per heavy atom. The van der Waals surface area contributed by atoms with Crippen LogP contribution in [0.1, 0.15) is 25.7 Å². The molecule has 1 nitrogen and oxygen atoms in total. The Bertz CT molecular complexity index is 347. The highest BCUT2D eigenvalue weighted by Gasteiger charge is 2.20. The highest BCUT2D eigenvalue weighted by molar-refractivity contribution is 6.31. The number of rotatable bonds is 2. The molecule has 1 aliphatic carbocycles. The van der Waals surface area contributed by atoms with Gasteiger partial charge in [0.1, 0.15) is 5.82 Å². The van der Waals surface area contributed by atoms with E-state index in [9.17, 15) is 4.39 Å². The Hall–Kier alpha value is -0.760.